The van der Waals surface area contributed by atoms with Crippen molar-refractivity contribution in [2.24, 2.45) is 0 Å². The molecular weight excluding hydrogens is 216 g/mol. The number of aliphatic hydroxyl groups is 1. The van der Waals surface area contributed by atoms with Crippen LogP contribution in [-0.2, 0) is 18.4 Å². The molecular formula is C14H14OS. The van der Waals surface area contributed by atoms with Gasteiger partial charge in [0, 0.05) is 17.7 Å². The molecule has 1 aromatic heterocycles. The second-order valence-electron chi connectivity index (χ2n) is 4.59. The van der Waals surface area contributed by atoms with E-state index in [9.17, 15) is 5.11 Å². The fourth-order valence-electron chi connectivity index (χ4n) is 2.61. The van der Waals surface area contributed by atoms with Crippen LogP contribution < -0.4 is 0 Å². The van der Waals surface area contributed by atoms with Gasteiger partial charge in [0.05, 0.1) is 0 Å². The quantitative estimate of drug-likeness (QED) is 0.798. The van der Waals surface area contributed by atoms with Crippen LogP contribution in [-0.4, -0.2) is 5.11 Å². The lowest BCUT2D eigenvalue weighted by molar-refractivity contribution is 0.0515. The summed E-state index contributed by atoms with van der Waals surface area (Å²) < 4.78 is 0. The molecule has 0 saturated heterocycles. The number of hydrogen-bond donors (Lipinski definition) is 1. The van der Waals surface area contributed by atoms with Gasteiger partial charge in [-0.25, -0.2) is 0 Å². The van der Waals surface area contributed by atoms with Gasteiger partial charge < -0.3 is 5.11 Å². The Bertz CT molecular complexity index is 502. The maximum absolute atomic E-state index is 10.8. The highest BCUT2D eigenvalue weighted by Crippen LogP contribution is 2.40. The fraction of sp³-hybridized carbons (Fsp3) is 0.286. The molecule has 0 saturated carbocycles. The minimum atomic E-state index is -0.665. The molecule has 16 heavy (non-hydrogen) atoms. The third-order valence-electron chi connectivity index (χ3n) is 3.37. The Morgan fingerprint density at radius 1 is 1.12 bits per heavy atom. The van der Waals surface area contributed by atoms with Gasteiger partial charge >= 0.3 is 0 Å². The molecule has 1 aliphatic carbocycles. The van der Waals surface area contributed by atoms with Crippen LogP contribution in [0, 0.1) is 6.92 Å². The SMILES string of the molecule is Cc1ccsc1C1(O)Cc2ccccc2C1. The van der Waals surface area contributed by atoms with Gasteiger partial charge in [0.1, 0.15) is 5.60 Å². The largest absolute Gasteiger partial charge is 0.384 e. The summed E-state index contributed by atoms with van der Waals surface area (Å²) in [5.41, 5.74) is 3.12. The van der Waals surface area contributed by atoms with Crippen molar-refractivity contribution >= 4 is 11.3 Å². The van der Waals surface area contributed by atoms with Gasteiger partial charge in [0.25, 0.3) is 0 Å². The predicted molar refractivity (Wildman–Crippen MR) is 66.8 cm³/mol. The Morgan fingerprint density at radius 3 is 2.25 bits per heavy atom. The second-order valence-corrected chi connectivity index (χ2v) is 5.50. The molecule has 0 unspecified atom stereocenters. The third kappa shape index (κ3) is 1.41. The third-order valence-corrected chi connectivity index (χ3v) is 4.58. The van der Waals surface area contributed by atoms with Crippen LogP contribution >= 0.6 is 11.3 Å². The lowest BCUT2D eigenvalue weighted by Crippen LogP contribution is -2.25. The fourth-order valence-corrected chi connectivity index (χ4v) is 3.63. The van der Waals surface area contributed by atoms with Gasteiger partial charge in [0.2, 0.25) is 0 Å². The van der Waals surface area contributed by atoms with Crippen molar-refractivity contribution < 1.29 is 5.11 Å². The van der Waals surface area contributed by atoms with Crippen LogP contribution in [0.3, 0.4) is 0 Å². The van der Waals surface area contributed by atoms with E-state index in [4.69, 9.17) is 0 Å². The summed E-state index contributed by atoms with van der Waals surface area (Å²) in [5, 5.41) is 12.8. The molecule has 0 fully saturated rings. The highest BCUT2D eigenvalue weighted by molar-refractivity contribution is 7.10. The maximum Gasteiger partial charge on any atom is 0.107 e. The molecule has 3 rings (SSSR count). The first-order valence-corrected chi connectivity index (χ1v) is 6.41. The maximum atomic E-state index is 10.8. The summed E-state index contributed by atoms with van der Waals surface area (Å²) in [6.07, 6.45) is 1.51. The van der Waals surface area contributed by atoms with Gasteiger partial charge in [-0.05, 0) is 35.1 Å². The number of hydrogen-bond acceptors (Lipinski definition) is 2. The number of aryl methyl sites for hydroxylation is 1. The standard InChI is InChI=1S/C14H14OS/c1-10-6-7-16-13(10)14(15)8-11-4-2-3-5-12(11)9-14/h2-7,15H,8-9H2,1H3. The highest BCUT2D eigenvalue weighted by atomic mass is 32.1. The van der Waals surface area contributed by atoms with Crippen molar-refractivity contribution in [3.63, 3.8) is 0 Å². The van der Waals surface area contributed by atoms with Gasteiger partial charge in [-0.15, -0.1) is 11.3 Å². The van der Waals surface area contributed by atoms with Gasteiger partial charge in [0.15, 0.2) is 0 Å². The van der Waals surface area contributed by atoms with E-state index in [1.165, 1.54) is 16.7 Å². The van der Waals surface area contributed by atoms with Crippen LogP contribution in [0.5, 0.6) is 0 Å². The molecule has 0 radical (unpaired) electrons. The number of thiophene rings is 1. The molecule has 0 spiro atoms. The average molecular weight is 230 g/mol. The van der Waals surface area contributed by atoms with Crippen LogP contribution in [0.25, 0.3) is 0 Å². The Labute approximate surface area is 99.4 Å². The number of fused-ring (bicyclic) bond motifs is 1. The summed E-state index contributed by atoms with van der Waals surface area (Å²) in [6.45, 7) is 2.08. The lowest BCUT2D eigenvalue weighted by atomic mass is 9.96. The van der Waals surface area contributed by atoms with Crippen molar-refractivity contribution in [3.05, 3.63) is 57.3 Å². The molecule has 0 amide bonds. The average Bonchev–Trinajstić information content (AvgIpc) is 2.81. The molecule has 2 aromatic rings. The molecule has 82 valence electrons. The number of benzene rings is 1. The van der Waals surface area contributed by atoms with Crippen molar-refractivity contribution in [2.45, 2.75) is 25.4 Å². The van der Waals surface area contributed by atoms with E-state index in [1.807, 2.05) is 12.1 Å². The molecule has 1 N–H and O–H groups in total. The highest BCUT2D eigenvalue weighted by Gasteiger charge is 2.38. The Hall–Kier alpha value is -1.12. The number of rotatable bonds is 1. The van der Waals surface area contributed by atoms with Crippen molar-refractivity contribution in [3.8, 4) is 0 Å². The zero-order valence-corrected chi connectivity index (χ0v) is 10.1. The zero-order valence-electron chi connectivity index (χ0n) is 9.23. The molecule has 1 aliphatic rings. The first kappa shape index (κ1) is 10.1. The van der Waals surface area contributed by atoms with E-state index < -0.39 is 5.60 Å². The van der Waals surface area contributed by atoms with Crippen LogP contribution in [0.15, 0.2) is 35.7 Å². The first-order chi connectivity index (χ1) is 7.69. The summed E-state index contributed by atoms with van der Waals surface area (Å²) in [6, 6.07) is 10.4. The Morgan fingerprint density at radius 2 is 1.75 bits per heavy atom. The predicted octanol–water partition coefficient (Wildman–Crippen LogP) is 3.04. The molecule has 0 bridgehead atoms. The first-order valence-electron chi connectivity index (χ1n) is 5.53. The topological polar surface area (TPSA) is 20.2 Å². The van der Waals surface area contributed by atoms with Crippen molar-refractivity contribution in [1.82, 2.24) is 0 Å². The molecule has 1 nitrogen and oxygen atoms in total. The van der Waals surface area contributed by atoms with Crippen LogP contribution in [0.1, 0.15) is 21.6 Å². The van der Waals surface area contributed by atoms with Crippen molar-refractivity contribution in [2.75, 3.05) is 0 Å². The van der Waals surface area contributed by atoms with Crippen LogP contribution in [0.2, 0.25) is 0 Å². The Kier molecular flexibility index (Phi) is 2.16. The minimum Gasteiger partial charge on any atom is -0.384 e. The summed E-state index contributed by atoms with van der Waals surface area (Å²) >= 11 is 1.67. The van der Waals surface area contributed by atoms with E-state index >= 15 is 0 Å². The molecule has 2 heteroatoms. The zero-order chi connectivity index (χ0) is 11.2. The van der Waals surface area contributed by atoms with Gasteiger partial charge in [-0.3, -0.25) is 0 Å². The lowest BCUT2D eigenvalue weighted by Gasteiger charge is -2.21. The monoisotopic (exact) mass is 230 g/mol. The summed E-state index contributed by atoms with van der Waals surface area (Å²) in [4.78, 5) is 1.13. The second kappa shape index (κ2) is 3.44. The molecule has 0 aliphatic heterocycles. The van der Waals surface area contributed by atoms with E-state index in [0.29, 0.717) is 0 Å². The minimum absolute atomic E-state index is 0.665. The molecule has 0 atom stereocenters. The van der Waals surface area contributed by atoms with E-state index in [2.05, 4.69) is 30.5 Å². The molecule has 1 heterocycles. The summed E-state index contributed by atoms with van der Waals surface area (Å²) in [7, 11) is 0. The van der Waals surface area contributed by atoms with Gasteiger partial charge in [-0.1, -0.05) is 24.3 Å². The van der Waals surface area contributed by atoms with E-state index in [0.717, 1.165) is 17.7 Å². The van der Waals surface area contributed by atoms with Gasteiger partial charge in [-0.2, -0.15) is 0 Å². The summed E-state index contributed by atoms with van der Waals surface area (Å²) in [5.74, 6) is 0. The Balaban J connectivity index is 2.04. The van der Waals surface area contributed by atoms with E-state index in [-0.39, 0.29) is 0 Å². The smallest absolute Gasteiger partial charge is 0.107 e. The normalized spacial score (nSPS) is 17.4. The van der Waals surface area contributed by atoms with Crippen LogP contribution in [0.4, 0.5) is 0 Å². The van der Waals surface area contributed by atoms with Crippen molar-refractivity contribution in [1.29, 1.82) is 0 Å². The molecule has 1 aromatic carbocycles. The van der Waals surface area contributed by atoms with E-state index in [1.54, 1.807) is 11.3 Å².